The Labute approximate surface area is 166 Å². The van der Waals surface area contributed by atoms with E-state index in [1.54, 1.807) is 19.1 Å². The summed E-state index contributed by atoms with van der Waals surface area (Å²) in [6.07, 6.45) is 2.68. The highest BCUT2D eigenvalue weighted by atomic mass is 35.5. The van der Waals surface area contributed by atoms with Gasteiger partial charge in [0.25, 0.3) is 0 Å². The Morgan fingerprint density at radius 1 is 1.15 bits per heavy atom. The van der Waals surface area contributed by atoms with Crippen molar-refractivity contribution in [3.63, 3.8) is 0 Å². The van der Waals surface area contributed by atoms with E-state index >= 15 is 0 Å². The highest BCUT2D eigenvalue weighted by molar-refractivity contribution is 7.88. The van der Waals surface area contributed by atoms with E-state index in [1.807, 2.05) is 13.0 Å². The Bertz CT molecular complexity index is 770. The molecule has 0 aliphatic carbocycles. The van der Waals surface area contributed by atoms with Crippen LogP contribution in [0.15, 0.2) is 18.2 Å². The Kier molecular flexibility index (Phi) is 7.13. The van der Waals surface area contributed by atoms with E-state index in [0.717, 1.165) is 18.5 Å². The van der Waals surface area contributed by atoms with E-state index < -0.39 is 15.4 Å². The van der Waals surface area contributed by atoms with Gasteiger partial charge in [-0.05, 0) is 57.5 Å². The number of nitrogens with zero attached hydrogens (tertiary/aromatic N) is 2. The fourth-order valence-electron chi connectivity index (χ4n) is 3.25. The van der Waals surface area contributed by atoms with Gasteiger partial charge < -0.3 is 4.90 Å². The van der Waals surface area contributed by atoms with E-state index in [-0.39, 0.29) is 5.78 Å². The molecular formula is C18H26Cl2N2O3S. The van der Waals surface area contributed by atoms with Crippen LogP contribution >= 0.6 is 23.2 Å². The van der Waals surface area contributed by atoms with Gasteiger partial charge in [0, 0.05) is 19.6 Å². The summed E-state index contributed by atoms with van der Waals surface area (Å²) in [5.74, 6) is 0.0727. The van der Waals surface area contributed by atoms with E-state index in [1.165, 1.54) is 10.6 Å². The van der Waals surface area contributed by atoms with Crippen molar-refractivity contribution in [3.8, 4) is 0 Å². The molecule has 1 aromatic carbocycles. The lowest BCUT2D eigenvalue weighted by atomic mass is 9.76. The van der Waals surface area contributed by atoms with Crippen LogP contribution in [0.5, 0.6) is 0 Å². The Hall–Kier alpha value is -0.660. The van der Waals surface area contributed by atoms with Crippen molar-refractivity contribution >= 4 is 39.0 Å². The molecule has 1 aliphatic heterocycles. The summed E-state index contributed by atoms with van der Waals surface area (Å²) in [6.45, 7) is 6.76. The summed E-state index contributed by atoms with van der Waals surface area (Å²) in [7, 11) is -3.16. The third kappa shape index (κ3) is 5.20. The Balaban J connectivity index is 2.09. The number of halogens is 2. The molecule has 0 saturated carbocycles. The molecule has 26 heavy (non-hydrogen) atoms. The zero-order chi connectivity index (χ0) is 19.5. The molecule has 0 amide bonds. The maximum atomic E-state index is 12.4. The summed E-state index contributed by atoms with van der Waals surface area (Å²) >= 11 is 12.1. The topological polar surface area (TPSA) is 57.7 Å². The number of benzene rings is 1. The molecule has 1 fully saturated rings. The Morgan fingerprint density at radius 2 is 1.85 bits per heavy atom. The van der Waals surface area contributed by atoms with Crippen molar-refractivity contribution in [1.82, 2.24) is 9.21 Å². The first-order chi connectivity index (χ1) is 12.0. The standard InChI is InChI=1S/C18H26Cl2N2O3S/c1-14(23)18(2,15-5-6-16(19)17(20)13-15)7-10-21-8-4-9-22(12-11-21)26(3,24)25/h5-6,13H,4,7-12H2,1-3H3. The largest absolute Gasteiger partial charge is 0.302 e. The number of sulfonamides is 1. The second-order valence-corrected chi connectivity index (χ2v) is 9.92. The van der Waals surface area contributed by atoms with Crippen molar-refractivity contribution in [2.45, 2.75) is 32.1 Å². The summed E-state index contributed by atoms with van der Waals surface area (Å²) in [5.41, 5.74) is 0.198. The smallest absolute Gasteiger partial charge is 0.211 e. The van der Waals surface area contributed by atoms with Gasteiger partial charge in [-0.2, -0.15) is 0 Å². The molecule has 2 rings (SSSR count). The van der Waals surface area contributed by atoms with Crippen LogP contribution in [-0.2, 0) is 20.2 Å². The first kappa shape index (κ1) is 21.6. The maximum Gasteiger partial charge on any atom is 0.211 e. The van der Waals surface area contributed by atoms with Gasteiger partial charge in [0.15, 0.2) is 0 Å². The summed E-state index contributed by atoms with van der Waals surface area (Å²) in [5, 5.41) is 0.907. The van der Waals surface area contributed by atoms with Crippen molar-refractivity contribution < 1.29 is 13.2 Å². The second-order valence-electron chi connectivity index (χ2n) is 7.12. The predicted molar refractivity (Wildman–Crippen MR) is 107 cm³/mol. The van der Waals surface area contributed by atoms with Crippen LogP contribution in [-0.4, -0.2) is 62.4 Å². The third-order valence-electron chi connectivity index (χ3n) is 5.28. The highest BCUT2D eigenvalue weighted by Gasteiger charge is 2.33. The number of Topliss-reactive ketones (excluding diaryl/α,β-unsaturated/α-hetero) is 1. The number of carbonyl (C=O) groups excluding carboxylic acids is 1. The molecule has 1 heterocycles. The number of hydrogen-bond acceptors (Lipinski definition) is 4. The molecule has 8 heteroatoms. The normalized spacial score (nSPS) is 19.7. The highest BCUT2D eigenvalue weighted by Crippen LogP contribution is 2.33. The van der Waals surface area contributed by atoms with Crippen molar-refractivity contribution in [2.75, 3.05) is 39.0 Å². The molecule has 1 aliphatic rings. The molecule has 1 aromatic rings. The van der Waals surface area contributed by atoms with Gasteiger partial charge in [-0.25, -0.2) is 12.7 Å². The van der Waals surface area contributed by atoms with Gasteiger partial charge in [-0.3, -0.25) is 4.79 Å². The minimum absolute atomic E-state index is 0.0727. The molecule has 0 bridgehead atoms. The van der Waals surface area contributed by atoms with Gasteiger partial charge in [0.2, 0.25) is 10.0 Å². The molecule has 0 N–H and O–H groups in total. The van der Waals surface area contributed by atoms with E-state index in [9.17, 15) is 13.2 Å². The third-order valence-corrected chi connectivity index (χ3v) is 7.32. The van der Waals surface area contributed by atoms with Crippen LogP contribution in [0.2, 0.25) is 10.0 Å². The fourth-order valence-corrected chi connectivity index (χ4v) is 4.42. The first-order valence-corrected chi connectivity index (χ1v) is 11.3. The molecule has 5 nitrogen and oxygen atoms in total. The Morgan fingerprint density at radius 3 is 2.42 bits per heavy atom. The van der Waals surface area contributed by atoms with Crippen LogP contribution < -0.4 is 0 Å². The molecule has 146 valence electrons. The SMILES string of the molecule is CC(=O)C(C)(CCN1CCCN(S(C)(=O)=O)CC1)c1ccc(Cl)c(Cl)c1. The lowest BCUT2D eigenvalue weighted by Gasteiger charge is -2.31. The second kappa shape index (κ2) is 8.57. The van der Waals surface area contributed by atoms with E-state index in [4.69, 9.17) is 23.2 Å². The average Bonchev–Trinajstić information content (AvgIpc) is 2.80. The van der Waals surface area contributed by atoms with Crippen LogP contribution in [0.1, 0.15) is 32.3 Å². The molecular weight excluding hydrogens is 395 g/mol. The first-order valence-electron chi connectivity index (χ1n) is 8.68. The predicted octanol–water partition coefficient (Wildman–Crippen LogP) is 3.20. The van der Waals surface area contributed by atoms with Crippen LogP contribution in [0.3, 0.4) is 0 Å². The molecule has 1 atom stereocenters. The monoisotopic (exact) mass is 420 g/mol. The van der Waals surface area contributed by atoms with Crippen LogP contribution in [0.4, 0.5) is 0 Å². The average molecular weight is 421 g/mol. The van der Waals surface area contributed by atoms with Gasteiger partial charge in [-0.15, -0.1) is 0 Å². The molecule has 0 spiro atoms. The van der Waals surface area contributed by atoms with Crippen LogP contribution in [0, 0.1) is 0 Å². The van der Waals surface area contributed by atoms with E-state index in [0.29, 0.717) is 42.6 Å². The van der Waals surface area contributed by atoms with Crippen molar-refractivity contribution in [1.29, 1.82) is 0 Å². The maximum absolute atomic E-state index is 12.4. The van der Waals surface area contributed by atoms with Crippen molar-refractivity contribution in [2.24, 2.45) is 0 Å². The fraction of sp³-hybridized carbons (Fsp3) is 0.611. The molecule has 1 unspecified atom stereocenters. The van der Waals surface area contributed by atoms with Gasteiger partial charge in [0.05, 0.1) is 21.7 Å². The molecule has 1 saturated heterocycles. The molecule has 0 aromatic heterocycles. The summed E-state index contributed by atoms with van der Waals surface area (Å²) in [6, 6.07) is 5.33. The summed E-state index contributed by atoms with van der Waals surface area (Å²) in [4.78, 5) is 14.6. The minimum Gasteiger partial charge on any atom is -0.302 e. The lowest BCUT2D eigenvalue weighted by molar-refractivity contribution is -0.122. The zero-order valence-corrected chi connectivity index (χ0v) is 17.8. The number of carbonyl (C=O) groups is 1. The van der Waals surface area contributed by atoms with Gasteiger partial charge in [0.1, 0.15) is 5.78 Å². The quantitative estimate of drug-likeness (QED) is 0.708. The minimum atomic E-state index is -3.16. The van der Waals surface area contributed by atoms with E-state index in [2.05, 4.69) is 4.90 Å². The zero-order valence-electron chi connectivity index (χ0n) is 15.5. The number of ketones is 1. The molecule has 0 radical (unpaired) electrons. The summed E-state index contributed by atoms with van der Waals surface area (Å²) < 4.78 is 25.0. The van der Waals surface area contributed by atoms with Gasteiger partial charge in [-0.1, -0.05) is 29.3 Å². The van der Waals surface area contributed by atoms with Crippen LogP contribution in [0.25, 0.3) is 0 Å². The van der Waals surface area contributed by atoms with Crippen molar-refractivity contribution in [3.05, 3.63) is 33.8 Å². The lowest BCUT2D eigenvalue weighted by Crippen LogP contribution is -2.38. The van der Waals surface area contributed by atoms with Gasteiger partial charge >= 0.3 is 0 Å². The number of hydrogen-bond donors (Lipinski definition) is 0. The number of rotatable bonds is 6.